The van der Waals surface area contributed by atoms with Gasteiger partial charge in [0.1, 0.15) is 0 Å². The molecule has 0 radical (unpaired) electrons. The van der Waals surface area contributed by atoms with Gasteiger partial charge in [-0.2, -0.15) is 0 Å². The first-order chi connectivity index (χ1) is 12.1. The van der Waals surface area contributed by atoms with Gasteiger partial charge in [-0.05, 0) is 19.1 Å². The van der Waals surface area contributed by atoms with Crippen molar-refractivity contribution < 1.29 is 23.7 Å². The van der Waals surface area contributed by atoms with Gasteiger partial charge in [-0.15, -0.1) is 0 Å². The zero-order valence-electron chi connectivity index (χ0n) is 14.5. The summed E-state index contributed by atoms with van der Waals surface area (Å²) in [5.41, 5.74) is 1.19. The summed E-state index contributed by atoms with van der Waals surface area (Å²) < 4.78 is 21.0. The Morgan fingerprint density at radius 3 is 2.64 bits per heavy atom. The summed E-state index contributed by atoms with van der Waals surface area (Å²) in [6.45, 7) is 1.76. The Hall–Kier alpha value is -2.70. The number of nitrogens with zero attached hydrogens (tertiary/aromatic N) is 1. The highest BCUT2D eigenvalue weighted by Crippen LogP contribution is 2.27. The van der Waals surface area contributed by atoms with Crippen LogP contribution in [0, 0.1) is 0 Å². The van der Waals surface area contributed by atoms with E-state index < -0.39 is 0 Å². The molecule has 0 spiro atoms. The lowest BCUT2D eigenvalue weighted by Gasteiger charge is -2.14. The predicted octanol–water partition coefficient (Wildman–Crippen LogP) is 3.33. The van der Waals surface area contributed by atoms with E-state index in [4.69, 9.17) is 18.9 Å². The van der Waals surface area contributed by atoms with Crippen molar-refractivity contribution in [1.82, 2.24) is 4.98 Å². The Morgan fingerprint density at radius 2 is 1.96 bits per heavy atom. The summed E-state index contributed by atoms with van der Waals surface area (Å²) >= 11 is 0. The summed E-state index contributed by atoms with van der Waals surface area (Å²) in [6, 6.07) is 10.7. The quantitative estimate of drug-likeness (QED) is 0.395. The molecule has 0 N–H and O–H groups in total. The molecule has 1 aromatic heterocycles. The van der Waals surface area contributed by atoms with E-state index in [9.17, 15) is 4.79 Å². The topological polar surface area (TPSA) is 66.9 Å². The van der Waals surface area contributed by atoms with Crippen molar-refractivity contribution in [2.75, 3.05) is 21.0 Å². The highest BCUT2D eigenvalue weighted by molar-refractivity contribution is 6.06. The highest BCUT2D eigenvalue weighted by atomic mass is 16.7. The van der Waals surface area contributed by atoms with Crippen molar-refractivity contribution >= 4 is 11.9 Å². The first-order valence-electron chi connectivity index (χ1n) is 7.72. The molecule has 0 aliphatic rings. The number of rotatable bonds is 9. The van der Waals surface area contributed by atoms with Crippen LogP contribution in [0.2, 0.25) is 0 Å². The van der Waals surface area contributed by atoms with Crippen LogP contribution in [0.15, 0.2) is 48.7 Å². The third kappa shape index (κ3) is 5.70. The number of carbonyl (C=O) groups is 1. The number of aromatic nitrogens is 1. The average molecular weight is 343 g/mol. The SMILES string of the molecule is COc1cnc(C=CC(=O)c2ccccc2)cc1OCOC(C)OC. The molecule has 2 rings (SSSR count). The summed E-state index contributed by atoms with van der Waals surface area (Å²) in [6.07, 6.45) is 4.25. The van der Waals surface area contributed by atoms with Crippen LogP contribution in [-0.4, -0.2) is 38.1 Å². The Bertz CT molecular complexity index is 715. The van der Waals surface area contributed by atoms with Gasteiger partial charge in [0, 0.05) is 18.7 Å². The van der Waals surface area contributed by atoms with Crippen LogP contribution in [0.25, 0.3) is 6.08 Å². The number of allylic oxidation sites excluding steroid dienone is 1. The first kappa shape index (κ1) is 18.6. The van der Waals surface area contributed by atoms with Gasteiger partial charge < -0.3 is 18.9 Å². The van der Waals surface area contributed by atoms with Crippen molar-refractivity contribution in [3.63, 3.8) is 0 Å². The van der Waals surface area contributed by atoms with Crippen LogP contribution in [-0.2, 0) is 9.47 Å². The summed E-state index contributed by atoms with van der Waals surface area (Å²) in [5.74, 6) is 0.839. The molecule has 0 fully saturated rings. The van der Waals surface area contributed by atoms with Crippen LogP contribution in [0.3, 0.4) is 0 Å². The number of methoxy groups -OCH3 is 2. The molecule has 0 aliphatic heterocycles. The van der Waals surface area contributed by atoms with E-state index in [-0.39, 0.29) is 18.9 Å². The molecule has 1 atom stereocenters. The number of ether oxygens (including phenoxy) is 4. The van der Waals surface area contributed by atoms with E-state index in [1.165, 1.54) is 19.4 Å². The highest BCUT2D eigenvalue weighted by Gasteiger charge is 2.08. The largest absolute Gasteiger partial charge is 0.491 e. The normalized spacial score (nSPS) is 12.1. The van der Waals surface area contributed by atoms with E-state index >= 15 is 0 Å². The van der Waals surface area contributed by atoms with Crippen molar-refractivity contribution in [2.24, 2.45) is 0 Å². The lowest BCUT2D eigenvalue weighted by atomic mass is 10.1. The lowest BCUT2D eigenvalue weighted by molar-refractivity contribution is -0.149. The number of ketones is 1. The maximum absolute atomic E-state index is 12.1. The molecule has 1 heterocycles. The third-order valence-electron chi connectivity index (χ3n) is 3.39. The van der Waals surface area contributed by atoms with Crippen molar-refractivity contribution in [1.29, 1.82) is 0 Å². The van der Waals surface area contributed by atoms with Gasteiger partial charge in [0.05, 0.1) is 19.0 Å². The van der Waals surface area contributed by atoms with Crippen molar-refractivity contribution in [3.8, 4) is 11.5 Å². The molecule has 25 heavy (non-hydrogen) atoms. The van der Waals surface area contributed by atoms with Crippen LogP contribution >= 0.6 is 0 Å². The Labute approximate surface area is 147 Å². The van der Waals surface area contributed by atoms with E-state index in [2.05, 4.69) is 4.98 Å². The molecule has 1 unspecified atom stereocenters. The number of hydrogen-bond donors (Lipinski definition) is 0. The maximum Gasteiger partial charge on any atom is 0.192 e. The first-order valence-corrected chi connectivity index (χ1v) is 7.72. The van der Waals surface area contributed by atoms with Gasteiger partial charge in [-0.1, -0.05) is 30.3 Å². The third-order valence-corrected chi connectivity index (χ3v) is 3.39. The minimum Gasteiger partial charge on any atom is -0.491 e. The second kappa shape index (κ2) is 9.56. The molecular weight excluding hydrogens is 322 g/mol. The van der Waals surface area contributed by atoms with E-state index in [0.29, 0.717) is 22.8 Å². The molecule has 0 bridgehead atoms. The van der Waals surface area contributed by atoms with E-state index in [0.717, 1.165) is 0 Å². The fourth-order valence-corrected chi connectivity index (χ4v) is 1.92. The number of pyridine rings is 1. The molecule has 0 saturated heterocycles. The number of carbonyl (C=O) groups excluding carboxylic acids is 1. The molecule has 132 valence electrons. The molecule has 1 aromatic carbocycles. The Kier molecular flexibility index (Phi) is 7.13. The van der Waals surface area contributed by atoms with Gasteiger partial charge in [-0.3, -0.25) is 9.78 Å². The van der Waals surface area contributed by atoms with E-state index in [1.54, 1.807) is 38.3 Å². The minimum absolute atomic E-state index is 0.00147. The summed E-state index contributed by atoms with van der Waals surface area (Å²) in [5, 5.41) is 0. The molecule has 2 aromatic rings. The smallest absolute Gasteiger partial charge is 0.192 e. The second-order valence-corrected chi connectivity index (χ2v) is 5.06. The van der Waals surface area contributed by atoms with Crippen LogP contribution in [0.5, 0.6) is 11.5 Å². The molecule has 0 saturated carbocycles. The van der Waals surface area contributed by atoms with Gasteiger partial charge in [0.15, 0.2) is 30.4 Å². The molecule has 0 amide bonds. The van der Waals surface area contributed by atoms with Gasteiger partial charge in [-0.25, -0.2) is 0 Å². The molecular formula is C19H21NO5. The molecule has 0 aliphatic carbocycles. The Balaban J connectivity index is 2.07. The fourth-order valence-electron chi connectivity index (χ4n) is 1.92. The van der Waals surface area contributed by atoms with Gasteiger partial charge in [0.2, 0.25) is 0 Å². The maximum atomic E-state index is 12.1. The van der Waals surface area contributed by atoms with Crippen molar-refractivity contribution in [3.05, 3.63) is 59.9 Å². The average Bonchev–Trinajstić information content (AvgIpc) is 2.66. The minimum atomic E-state index is -0.379. The zero-order chi connectivity index (χ0) is 18.1. The predicted molar refractivity (Wildman–Crippen MR) is 93.6 cm³/mol. The monoisotopic (exact) mass is 343 g/mol. The zero-order valence-corrected chi connectivity index (χ0v) is 14.5. The van der Waals surface area contributed by atoms with Crippen LogP contribution < -0.4 is 9.47 Å². The molecule has 6 heteroatoms. The second-order valence-electron chi connectivity index (χ2n) is 5.06. The van der Waals surface area contributed by atoms with Gasteiger partial charge >= 0.3 is 0 Å². The van der Waals surface area contributed by atoms with Crippen LogP contribution in [0.1, 0.15) is 23.0 Å². The van der Waals surface area contributed by atoms with Crippen LogP contribution in [0.4, 0.5) is 0 Å². The number of benzene rings is 1. The number of hydrogen-bond acceptors (Lipinski definition) is 6. The van der Waals surface area contributed by atoms with Gasteiger partial charge in [0.25, 0.3) is 0 Å². The Morgan fingerprint density at radius 1 is 1.20 bits per heavy atom. The fraction of sp³-hybridized carbons (Fsp3) is 0.263. The molecule has 6 nitrogen and oxygen atoms in total. The van der Waals surface area contributed by atoms with Crippen molar-refractivity contribution in [2.45, 2.75) is 13.2 Å². The summed E-state index contributed by atoms with van der Waals surface area (Å²) in [7, 11) is 3.07. The van der Waals surface area contributed by atoms with E-state index in [1.807, 2.05) is 18.2 Å². The lowest BCUT2D eigenvalue weighted by Crippen LogP contribution is -2.14. The standard InChI is InChI=1S/C19H21NO5/c1-14(22-2)24-13-25-18-11-16(20-12-19(18)23-3)9-10-17(21)15-7-5-4-6-8-15/h4-12,14H,13H2,1-3H3. The summed E-state index contributed by atoms with van der Waals surface area (Å²) in [4.78, 5) is 16.3.